The second kappa shape index (κ2) is 10.7. The number of benzene rings is 3. The molecule has 3 amide bonds. The van der Waals surface area contributed by atoms with Crippen LogP contribution in [0.25, 0.3) is 0 Å². The van der Waals surface area contributed by atoms with Crippen LogP contribution in [0.5, 0.6) is 0 Å². The van der Waals surface area contributed by atoms with Crippen molar-refractivity contribution in [2.75, 3.05) is 35.7 Å². The third-order valence-corrected chi connectivity index (χ3v) is 4.59. The predicted octanol–water partition coefficient (Wildman–Crippen LogP) is 4.59. The molecule has 6 heteroatoms. The van der Waals surface area contributed by atoms with Crippen molar-refractivity contribution < 1.29 is 9.59 Å². The van der Waals surface area contributed by atoms with Gasteiger partial charge in [-0.3, -0.25) is 4.79 Å². The van der Waals surface area contributed by atoms with Crippen molar-refractivity contribution in [2.45, 2.75) is 6.42 Å². The largest absolute Gasteiger partial charge is 0.375 e. The van der Waals surface area contributed by atoms with Crippen LogP contribution in [0.3, 0.4) is 0 Å². The first-order chi connectivity index (χ1) is 14.6. The Labute approximate surface area is 176 Å². The first-order valence-electron chi connectivity index (χ1n) is 9.89. The summed E-state index contributed by atoms with van der Waals surface area (Å²) in [6.07, 6.45) is 0.844. The maximum absolute atomic E-state index is 12.3. The van der Waals surface area contributed by atoms with Crippen molar-refractivity contribution >= 4 is 29.0 Å². The van der Waals surface area contributed by atoms with Gasteiger partial charge in [0, 0.05) is 42.8 Å². The van der Waals surface area contributed by atoms with Gasteiger partial charge in [0.15, 0.2) is 0 Å². The van der Waals surface area contributed by atoms with Gasteiger partial charge in [0.25, 0.3) is 5.91 Å². The van der Waals surface area contributed by atoms with Crippen molar-refractivity contribution in [3.8, 4) is 0 Å². The number of rotatable bonds is 8. The smallest absolute Gasteiger partial charge is 0.323 e. The monoisotopic (exact) mass is 402 g/mol. The number of nitrogens with zero attached hydrogens (tertiary/aromatic N) is 1. The number of para-hydroxylation sites is 2. The van der Waals surface area contributed by atoms with Gasteiger partial charge in [-0.05, 0) is 55.0 Å². The van der Waals surface area contributed by atoms with Gasteiger partial charge < -0.3 is 20.9 Å². The van der Waals surface area contributed by atoms with E-state index < -0.39 is 0 Å². The lowest BCUT2D eigenvalue weighted by Crippen LogP contribution is -2.28. The van der Waals surface area contributed by atoms with E-state index in [1.165, 1.54) is 0 Å². The number of urea groups is 1. The maximum Gasteiger partial charge on any atom is 0.323 e. The van der Waals surface area contributed by atoms with Gasteiger partial charge >= 0.3 is 6.03 Å². The van der Waals surface area contributed by atoms with Crippen LogP contribution in [0.15, 0.2) is 84.9 Å². The molecule has 30 heavy (non-hydrogen) atoms. The van der Waals surface area contributed by atoms with Crippen LogP contribution >= 0.6 is 0 Å². The molecule has 3 aromatic carbocycles. The zero-order valence-electron chi connectivity index (χ0n) is 17.0. The van der Waals surface area contributed by atoms with Crippen molar-refractivity contribution in [1.29, 1.82) is 0 Å². The highest BCUT2D eigenvalue weighted by atomic mass is 16.2. The molecule has 0 aliphatic heterocycles. The Kier molecular flexibility index (Phi) is 7.44. The molecule has 0 aliphatic carbocycles. The molecular weight excluding hydrogens is 376 g/mol. The molecule has 0 saturated carbocycles. The third kappa shape index (κ3) is 6.38. The maximum atomic E-state index is 12.3. The van der Waals surface area contributed by atoms with Crippen LogP contribution in [-0.2, 0) is 0 Å². The molecule has 3 aromatic rings. The lowest BCUT2D eigenvalue weighted by Gasteiger charge is -2.19. The average molecular weight is 402 g/mol. The SMILES string of the molecule is CN(CCCNC(=O)c1ccc(NC(=O)Nc2ccccc2)cc1)c1ccccc1. The van der Waals surface area contributed by atoms with Crippen LogP contribution in [0, 0.1) is 0 Å². The first kappa shape index (κ1) is 20.9. The quantitative estimate of drug-likeness (QED) is 0.483. The highest BCUT2D eigenvalue weighted by molar-refractivity contribution is 6.00. The lowest BCUT2D eigenvalue weighted by molar-refractivity contribution is 0.0953. The first-order valence-corrected chi connectivity index (χ1v) is 9.89. The Morgan fingerprint density at radius 2 is 1.33 bits per heavy atom. The number of nitrogens with one attached hydrogen (secondary N) is 3. The summed E-state index contributed by atoms with van der Waals surface area (Å²) >= 11 is 0. The molecule has 0 aromatic heterocycles. The Bertz CT molecular complexity index is 944. The van der Waals surface area contributed by atoms with E-state index in [9.17, 15) is 9.59 Å². The van der Waals surface area contributed by atoms with E-state index in [0.29, 0.717) is 23.5 Å². The summed E-state index contributed by atoms with van der Waals surface area (Å²) in [5.41, 5.74) is 3.04. The molecule has 3 N–H and O–H groups in total. The van der Waals surface area contributed by atoms with E-state index in [2.05, 4.69) is 33.0 Å². The molecule has 0 fully saturated rings. The van der Waals surface area contributed by atoms with Gasteiger partial charge in [0.1, 0.15) is 0 Å². The molecule has 0 unspecified atom stereocenters. The minimum Gasteiger partial charge on any atom is -0.375 e. The van der Waals surface area contributed by atoms with Crippen molar-refractivity contribution in [1.82, 2.24) is 5.32 Å². The van der Waals surface area contributed by atoms with E-state index in [1.54, 1.807) is 24.3 Å². The van der Waals surface area contributed by atoms with Crippen LogP contribution in [0.1, 0.15) is 16.8 Å². The highest BCUT2D eigenvalue weighted by Crippen LogP contribution is 2.12. The fourth-order valence-corrected chi connectivity index (χ4v) is 2.95. The second-order valence-electron chi connectivity index (χ2n) is 6.89. The van der Waals surface area contributed by atoms with Gasteiger partial charge in [-0.15, -0.1) is 0 Å². The van der Waals surface area contributed by atoms with Crippen LogP contribution in [-0.4, -0.2) is 32.1 Å². The number of hydrogen-bond acceptors (Lipinski definition) is 3. The van der Waals surface area contributed by atoms with Crippen molar-refractivity contribution in [3.63, 3.8) is 0 Å². The Morgan fingerprint density at radius 3 is 1.97 bits per heavy atom. The fourth-order valence-electron chi connectivity index (χ4n) is 2.95. The fraction of sp³-hybridized carbons (Fsp3) is 0.167. The lowest BCUT2D eigenvalue weighted by atomic mass is 10.2. The average Bonchev–Trinajstić information content (AvgIpc) is 2.78. The predicted molar refractivity (Wildman–Crippen MR) is 122 cm³/mol. The molecule has 0 aliphatic rings. The van der Waals surface area contributed by atoms with Crippen LogP contribution < -0.4 is 20.9 Å². The summed E-state index contributed by atoms with van der Waals surface area (Å²) in [5.74, 6) is -0.127. The van der Waals surface area contributed by atoms with Gasteiger partial charge in [-0.25, -0.2) is 4.79 Å². The summed E-state index contributed by atoms with van der Waals surface area (Å²) in [4.78, 5) is 26.5. The van der Waals surface area contributed by atoms with Crippen LogP contribution in [0.4, 0.5) is 21.9 Å². The molecule has 6 nitrogen and oxygen atoms in total. The number of anilines is 3. The summed E-state index contributed by atoms with van der Waals surface area (Å²) in [6, 6.07) is 25.8. The summed E-state index contributed by atoms with van der Waals surface area (Å²) in [7, 11) is 2.04. The zero-order chi connectivity index (χ0) is 21.2. The highest BCUT2D eigenvalue weighted by Gasteiger charge is 2.07. The van der Waals surface area contributed by atoms with Gasteiger partial charge in [0.05, 0.1) is 0 Å². The zero-order valence-corrected chi connectivity index (χ0v) is 17.0. The molecule has 0 saturated heterocycles. The van der Waals surface area contributed by atoms with E-state index in [-0.39, 0.29) is 11.9 Å². The van der Waals surface area contributed by atoms with E-state index in [4.69, 9.17) is 0 Å². The summed E-state index contributed by atoms with van der Waals surface area (Å²) < 4.78 is 0. The van der Waals surface area contributed by atoms with Gasteiger partial charge in [0.2, 0.25) is 0 Å². The van der Waals surface area contributed by atoms with E-state index >= 15 is 0 Å². The minimum absolute atomic E-state index is 0.127. The van der Waals surface area contributed by atoms with Crippen molar-refractivity contribution in [2.24, 2.45) is 0 Å². The standard InChI is InChI=1S/C24H26N4O2/c1-28(22-11-6-3-7-12-22)18-8-17-25-23(29)19-13-15-21(16-14-19)27-24(30)26-20-9-4-2-5-10-20/h2-7,9-16H,8,17-18H2,1H3,(H,25,29)(H2,26,27,30). The summed E-state index contributed by atoms with van der Waals surface area (Å²) in [6.45, 7) is 1.44. The molecule has 0 atom stereocenters. The topological polar surface area (TPSA) is 73.5 Å². The van der Waals surface area contributed by atoms with E-state index in [0.717, 1.165) is 18.7 Å². The third-order valence-electron chi connectivity index (χ3n) is 4.59. The normalized spacial score (nSPS) is 10.2. The summed E-state index contributed by atoms with van der Waals surface area (Å²) in [5, 5.41) is 8.43. The molecule has 0 heterocycles. The number of amides is 3. The van der Waals surface area contributed by atoms with Crippen molar-refractivity contribution in [3.05, 3.63) is 90.5 Å². The number of hydrogen-bond donors (Lipinski definition) is 3. The van der Waals surface area contributed by atoms with Gasteiger partial charge in [-0.2, -0.15) is 0 Å². The molecule has 3 rings (SSSR count). The molecular formula is C24H26N4O2. The molecule has 154 valence electrons. The van der Waals surface area contributed by atoms with Gasteiger partial charge in [-0.1, -0.05) is 36.4 Å². The Balaban J connectivity index is 1.40. The minimum atomic E-state index is -0.332. The molecule has 0 bridgehead atoms. The number of carbonyl (C=O) groups excluding carboxylic acids is 2. The Hall–Kier alpha value is -3.80. The van der Waals surface area contributed by atoms with E-state index in [1.807, 2.05) is 55.6 Å². The molecule has 0 spiro atoms. The molecule has 0 radical (unpaired) electrons. The Morgan fingerprint density at radius 1 is 0.767 bits per heavy atom. The van der Waals surface area contributed by atoms with Crippen LogP contribution in [0.2, 0.25) is 0 Å². The second-order valence-corrected chi connectivity index (χ2v) is 6.89. The number of carbonyl (C=O) groups is 2.